The van der Waals surface area contributed by atoms with Crippen molar-refractivity contribution >= 4 is 23.5 Å². The van der Waals surface area contributed by atoms with Crippen LogP contribution >= 0.6 is 0 Å². The van der Waals surface area contributed by atoms with Crippen molar-refractivity contribution < 1.29 is 14.4 Å². The zero-order valence-corrected chi connectivity index (χ0v) is 13.1. The highest BCUT2D eigenvalue weighted by atomic mass is 16.2. The van der Waals surface area contributed by atoms with Crippen molar-refractivity contribution in [3.63, 3.8) is 0 Å². The van der Waals surface area contributed by atoms with Crippen LogP contribution in [0.15, 0.2) is 24.3 Å². The molecule has 0 radical (unpaired) electrons. The molecule has 22 heavy (non-hydrogen) atoms. The van der Waals surface area contributed by atoms with Gasteiger partial charge in [0.2, 0.25) is 5.91 Å². The number of anilines is 1. The third-order valence-electron chi connectivity index (χ3n) is 4.03. The fourth-order valence-corrected chi connectivity index (χ4v) is 2.41. The Labute approximate surface area is 129 Å². The second kappa shape index (κ2) is 6.17. The normalized spacial score (nSPS) is 21.0. The SMILES string of the molecule is CCc1ccccc1NC(=O)CN1C(=O)N[C@](C)(CC)C1=O. The number of carbonyl (C=O) groups is 3. The lowest BCUT2D eigenvalue weighted by atomic mass is 9.99. The fraction of sp³-hybridized carbons (Fsp3) is 0.438. The minimum Gasteiger partial charge on any atom is -0.324 e. The van der Waals surface area contributed by atoms with Gasteiger partial charge in [0.25, 0.3) is 5.91 Å². The molecule has 4 amide bonds. The van der Waals surface area contributed by atoms with E-state index in [9.17, 15) is 14.4 Å². The van der Waals surface area contributed by atoms with Gasteiger partial charge in [0.1, 0.15) is 12.1 Å². The number of hydrogen-bond donors (Lipinski definition) is 2. The molecule has 0 unspecified atom stereocenters. The lowest BCUT2D eigenvalue weighted by molar-refractivity contribution is -0.133. The van der Waals surface area contributed by atoms with Crippen molar-refractivity contribution in [1.82, 2.24) is 10.2 Å². The van der Waals surface area contributed by atoms with E-state index in [1.165, 1.54) is 0 Å². The van der Waals surface area contributed by atoms with Crippen molar-refractivity contribution in [3.05, 3.63) is 29.8 Å². The van der Waals surface area contributed by atoms with Crippen LogP contribution in [0.2, 0.25) is 0 Å². The van der Waals surface area contributed by atoms with Gasteiger partial charge < -0.3 is 10.6 Å². The fourth-order valence-electron chi connectivity index (χ4n) is 2.41. The third-order valence-corrected chi connectivity index (χ3v) is 4.03. The van der Waals surface area contributed by atoms with E-state index in [1.807, 2.05) is 32.0 Å². The van der Waals surface area contributed by atoms with Crippen LogP contribution in [0.1, 0.15) is 32.8 Å². The second-order valence-electron chi connectivity index (χ2n) is 5.57. The van der Waals surface area contributed by atoms with Gasteiger partial charge in [0.05, 0.1) is 0 Å². The Kier molecular flexibility index (Phi) is 4.49. The molecule has 0 aliphatic carbocycles. The van der Waals surface area contributed by atoms with E-state index in [-0.39, 0.29) is 18.4 Å². The highest BCUT2D eigenvalue weighted by molar-refractivity contribution is 6.09. The maximum atomic E-state index is 12.2. The minimum absolute atomic E-state index is 0.279. The summed E-state index contributed by atoms with van der Waals surface area (Å²) in [4.78, 5) is 37.2. The van der Waals surface area contributed by atoms with Crippen LogP contribution in [0, 0.1) is 0 Å². The topological polar surface area (TPSA) is 78.5 Å². The van der Waals surface area contributed by atoms with Gasteiger partial charge in [-0.05, 0) is 31.4 Å². The Balaban J connectivity index is 2.07. The number of amides is 4. The van der Waals surface area contributed by atoms with Crippen LogP contribution in [0.5, 0.6) is 0 Å². The highest BCUT2D eigenvalue weighted by Crippen LogP contribution is 2.21. The number of aryl methyl sites for hydroxylation is 1. The van der Waals surface area contributed by atoms with Gasteiger partial charge in [-0.15, -0.1) is 0 Å². The van der Waals surface area contributed by atoms with E-state index in [0.29, 0.717) is 12.1 Å². The van der Waals surface area contributed by atoms with Crippen LogP contribution in [0.3, 0.4) is 0 Å². The summed E-state index contributed by atoms with van der Waals surface area (Å²) in [5, 5.41) is 5.39. The lowest BCUT2D eigenvalue weighted by Crippen LogP contribution is -2.44. The Bertz CT molecular complexity index is 614. The largest absolute Gasteiger partial charge is 0.325 e. The Morgan fingerprint density at radius 3 is 2.55 bits per heavy atom. The first-order valence-electron chi connectivity index (χ1n) is 7.43. The van der Waals surface area contributed by atoms with E-state index in [0.717, 1.165) is 16.9 Å². The van der Waals surface area contributed by atoms with Gasteiger partial charge in [-0.1, -0.05) is 32.0 Å². The predicted octanol–water partition coefficient (Wildman–Crippen LogP) is 1.91. The number of para-hydroxylation sites is 1. The molecule has 0 spiro atoms. The first kappa shape index (κ1) is 16.0. The summed E-state index contributed by atoms with van der Waals surface area (Å²) in [5.41, 5.74) is 0.797. The third kappa shape index (κ3) is 2.95. The maximum Gasteiger partial charge on any atom is 0.325 e. The quantitative estimate of drug-likeness (QED) is 0.816. The summed E-state index contributed by atoms with van der Waals surface area (Å²) >= 11 is 0. The standard InChI is InChI=1S/C16H21N3O3/c1-4-11-8-6-7-9-12(11)17-13(20)10-19-14(21)16(3,5-2)18-15(19)22/h6-9H,4-5,10H2,1-3H3,(H,17,20)(H,18,22)/t16-/m1/s1. The highest BCUT2D eigenvalue weighted by Gasteiger charge is 2.46. The molecule has 0 saturated carbocycles. The molecule has 6 nitrogen and oxygen atoms in total. The second-order valence-corrected chi connectivity index (χ2v) is 5.57. The predicted molar refractivity (Wildman–Crippen MR) is 83.4 cm³/mol. The summed E-state index contributed by atoms with van der Waals surface area (Å²) in [7, 11) is 0. The summed E-state index contributed by atoms with van der Waals surface area (Å²) in [6.07, 6.45) is 1.27. The van der Waals surface area contributed by atoms with Crippen molar-refractivity contribution in [1.29, 1.82) is 0 Å². The van der Waals surface area contributed by atoms with Gasteiger partial charge in [-0.3, -0.25) is 14.5 Å². The van der Waals surface area contributed by atoms with Crippen LogP contribution in [-0.2, 0) is 16.0 Å². The van der Waals surface area contributed by atoms with Gasteiger partial charge in [0, 0.05) is 5.69 Å². The molecule has 1 saturated heterocycles. The molecule has 1 aromatic carbocycles. The van der Waals surface area contributed by atoms with Crippen molar-refractivity contribution in [2.75, 3.05) is 11.9 Å². The van der Waals surface area contributed by atoms with E-state index in [1.54, 1.807) is 13.0 Å². The maximum absolute atomic E-state index is 12.2. The van der Waals surface area contributed by atoms with Crippen molar-refractivity contribution in [2.24, 2.45) is 0 Å². The van der Waals surface area contributed by atoms with E-state index >= 15 is 0 Å². The summed E-state index contributed by atoms with van der Waals surface area (Å²) < 4.78 is 0. The molecule has 118 valence electrons. The number of benzene rings is 1. The van der Waals surface area contributed by atoms with E-state index < -0.39 is 11.6 Å². The van der Waals surface area contributed by atoms with Crippen LogP contribution in [-0.4, -0.2) is 34.8 Å². The molecule has 1 atom stereocenters. The monoisotopic (exact) mass is 303 g/mol. The number of carbonyl (C=O) groups excluding carboxylic acids is 3. The smallest absolute Gasteiger partial charge is 0.324 e. The van der Waals surface area contributed by atoms with Crippen LogP contribution in [0.25, 0.3) is 0 Å². The van der Waals surface area contributed by atoms with Gasteiger partial charge in [-0.2, -0.15) is 0 Å². The molecule has 0 aromatic heterocycles. The number of nitrogens with one attached hydrogen (secondary N) is 2. The molecular weight excluding hydrogens is 282 g/mol. The zero-order chi connectivity index (χ0) is 16.3. The molecule has 1 fully saturated rings. The molecule has 2 N–H and O–H groups in total. The summed E-state index contributed by atoms with van der Waals surface area (Å²) in [6.45, 7) is 5.20. The lowest BCUT2D eigenvalue weighted by Gasteiger charge is -2.19. The Morgan fingerprint density at radius 2 is 1.95 bits per heavy atom. The minimum atomic E-state index is -0.918. The number of imide groups is 1. The van der Waals surface area contributed by atoms with Crippen molar-refractivity contribution in [3.8, 4) is 0 Å². The molecule has 2 rings (SSSR count). The molecule has 1 aliphatic heterocycles. The van der Waals surface area contributed by atoms with Crippen LogP contribution in [0.4, 0.5) is 10.5 Å². The average Bonchev–Trinajstić information content (AvgIpc) is 2.72. The average molecular weight is 303 g/mol. The molecule has 1 heterocycles. The number of nitrogens with zero attached hydrogens (tertiary/aromatic N) is 1. The Morgan fingerprint density at radius 1 is 1.27 bits per heavy atom. The number of hydrogen-bond acceptors (Lipinski definition) is 3. The first-order chi connectivity index (χ1) is 10.4. The zero-order valence-electron chi connectivity index (χ0n) is 13.1. The van der Waals surface area contributed by atoms with Crippen molar-refractivity contribution in [2.45, 2.75) is 39.2 Å². The number of rotatable bonds is 5. The molecule has 0 bridgehead atoms. The molecule has 6 heteroatoms. The van der Waals surface area contributed by atoms with Crippen LogP contribution < -0.4 is 10.6 Å². The molecule has 1 aliphatic rings. The van der Waals surface area contributed by atoms with E-state index in [2.05, 4.69) is 10.6 Å². The summed E-state index contributed by atoms with van der Waals surface area (Å²) in [5.74, 6) is -0.747. The van der Waals surface area contributed by atoms with Gasteiger partial charge >= 0.3 is 6.03 Å². The van der Waals surface area contributed by atoms with E-state index in [4.69, 9.17) is 0 Å². The first-order valence-corrected chi connectivity index (χ1v) is 7.43. The molecule has 1 aromatic rings. The van der Waals surface area contributed by atoms with Gasteiger partial charge in [-0.25, -0.2) is 4.79 Å². The van der Waals surface area contributed by atoms with Gasteiger partial charge in [0.15, 0.2) is 0 Å². The Hall–Kier alpha value is -2.37. The molecular formula is C16H21N3O3. The summed E-state index contributed by atoms with van der Waals surface area (Å²) in [6, 6.07) is 6.94. The number of urea groups is 1.